The van der Waals surface area contributed by atoms with Crippen LogP contribution in [-0.2, 0) is 11.3 Å². The summed E-state index contributed by atoms with van der Waals surface area (Å²) in [4.78, 5) is 38.1. The number of aromatic carboxylic acids is 1. The smallest absolute Gasteiger partial charge is 0.415 e. The predicted octanol–water partition coefficient (Wildman–Crippen LogP) is 5.86. The maximum absolute atomic E-state index is 12.1. The monoisotopic (exact) mass is 628 g/mol. The Morgan fingerprint density at radius 1 is 1.09 bits per heavy atom. The Morgan fingerprint density at radius 2 is 1.76 bits per heavy atom. The molecule has 2 aliphatic heterocycles. The number of benzene rings is 2. The van der Waals surface area contributed by atoms with E-state index in [0.717, 1.165) is 44.2 Å². The van der Waals surface area contributed by atoms with Crippen molar-refractivity contribution in [3.8, 4) is 5.75 Å². The fourth-order valence-electron chi connectivity index (χ4n) is 5.88. The van der Waals surface area contributed by atoms with Crippen molar-refractivity contribution in [3.63, 3.8) is 0 Å². The molecule has 3 N–H and O–H groups in total. The molecule has 1 saturated carbocycles. The fourth-order valence-corrected chi connectivity index (χ4v) is 5.88. The second-order valence-corrected chi connectivity index (χ2v) is 12.0. The molecule has 0 spiro atoms. The Labute approximate surface area is 270 Å². The molecule has 11 nitrogen and oxygen atoms in total. The predicted molar refractivity (Wildman–Crippen MR) is 177 cm³/mol. The van der Waals surface area contributed by atoms with Crippen LogP contribution in [-0.4, -0.2) is 81.3 Å². The van der Waals surface area contributed by atoms with E-state index in [1.165, 1.54) is 54.7 Å². The highest BCUT2D eigenvalue weighted by atomic mass is 16.6. The van der Waals surface area contributed by atoms with E-state index < -0.39 is 5.97 Å². The first-order chi connectivity index (χ1) is 22.2. The van der Waals surface area contributed by atoms with Gasteiger partial charge in [-0.2, -0.15) is 4.98 Å². The third kappa shape index (κ3) is 8.41. The summed E-state index contributed by atoms with van der Waals surface area (Å²) >= 11 is 0. The summed E-state index contributed by atoms with van der Waals surface area (Å²) in [5, 5.41) is 20.6. The molecule has 0 radical (unpaired) electrons. The van der Waals surface area contributed by atoms with Gasteiger partial charge in [-0.25, -0.2) is 14.6 Å². The maximum atomic E-state index is 12.1. The number of phenolic OH excluding ortho intramolecular Hbond substituents is 1. The van der Waals surface area contributed by atoms with Crippen molar-refractivity contribution in [2.24, 2.45) is 5.92 Å². The number of anilines is 2. The number of aromatic nitrogens is 2. The van der Waals surface area contributed by atoms with Crippen LogP contribution in [0.25, 0.3) is 0 Å². The lowest BCUT2D eigenvalue weighted by atomic mass is 9.96. The zero-order valence-corrected chi connectivity index (χ0v) is 26.6. The Bertz CT molecular complexity index is 1490. The van der Waals surface area contributed by atoms with Crippen LogP contribution in [0.5, 0.6) is 5.75 Å². The molecule has 1 saturated heterocycles. The van der Waals surface area contributed by atoms with Crippen LogP contribution in [0.15, 0.2) is 67.4 Å². The molecule has 6 rings (SSSR count). The van der Waals surface area contributed by atoms with Gasteiger partial charge in [0.05, 0.1) is 17.2 Å². The van der Waals surface area contributed by atoms with Crippen LogP contribution in [0.4, 0.5) is 16.6 Å². The number of carboxylic acids is 1. The molecule has 11 heteroatoms. The average molecular weight is 629 g/mol. The average Bonchev–Trinajstić information content (AvgIpc) is 3.89. The first kappa shape index (κ1) is 32.9. The molecule has 1 aromatic heterocycles. The highest BCUT2D eigenvalue weighted by Crippen LogP contribution is 2.40. The molecule has 3 aromatic rings. The van der Waals surface area contributed by atoms with E-state index in [2.05, 4.69) is 62.9 Å². The summed E-state index contributed by atoms with van der Waals surface area (Å²) in [5.74, 6) is 1.11. The lowest BCUT2D eigenvalue weighted by molar-refractivity contribution is 0.0696. The molecule has 2 aromatic carbocycles. The number of cyclic esters (lactones) is 1. The van der Waals surface area contributed by atoms with Gasteiger partial charge in [-0.15, -0.1) is 6.58 Å². The number of nitrogens with zero attached hydrogens (tertiary/aromatic N) is 5. The number of fused-ring (bicyclic) bond motifs is 1. The third-order valence-corrected chi connectivity index (χ3v) is 8.75. The van der Waals surface area contributed by atoms with Crippen LogP contribution in [0.3, 0.4) is 0 Å². The van der Waals surface area contributed by atoms with Crippen molar-refractivity contribution in [1.82, 2.24) is 19.8 Å². The van der Waals surface area contributed by atoms with Crippen LogP contribution in [0.2, 0.25) is 0 Å². The summed E-state index contributed by atoms with van der Waals surface area (Å²) in [6, 6.07) is 15.0. The van der Waals surface area contributed by atoms with Crippen LogP contribution < -0.4 is 10.2 Å². The van der Waals surface area contributed by atoms with Crippen molar-refractivity contribution >= 4 is 23.8 Å². The van der Waals surface area contributed by atoms with E-state index >= 15 is 0 Å². The second kappa shape index (κ2) is 15.2. The second-order valence-electron chi connectivity index (χ2n) is 12.0. The van der Waals surface area contributed by atoms with Crippen molar-refractivity contribution in [2.75, 3.05) is 49.5 Å². The van der Waals surface area contributed by atoms with Crippen molar-refractivity contribution in [2.45, 2.75) is 51.8 Å². The van der Waals surface area contributed by atoms with Crippen molar-refractivity contribution in [1.29, 1.82) is 0 Å². The standard InChI is InChI=1S/C28H38N6O2.C7H6O3/c1-4-12-32-13-15-33(16-14-32)25(17-21-6-7-21)23-10-8-22(9-11-23)20(3)30-27-29-18-24-19-36-28(35)34(5-2)26(24)31-27;8-6-3-1-5(2-4-6)7(9)10/h4,8-11,18,20-21,25H,1,5-7,12-17,19H2,2-3H3,(H,29,30,31);1-4,8H,(H,9,10)/t20-,25?;/m0./s1. The topological polar surface area (TPSA) is 131 Å². The van der Waals surface area contributed by atoms with E-state index in [4.69, 9.17) is 14.9 Å². The molecular formula is C35H44N6O5. The number of nitrogens with one attached hydrogen (secondary N) is 1. The molecule has 1 amide bonds. The molecule has 2 fully saturated rings. The lowest BCUT2D eigenvalue weighted by Gasteiger charge is -2.39. The Kier molecular flexibility index (Phi) is 10.9. The third-order valence-electron chi connectivity index (χ3n) is 8.75. The quantitative estimate of drug-likeness (QED) is 0.222. The molecule has 46 heavy (non-hydrogen) atoms. The number of carboxylic acid groups (broad SMARTS) is 1. The van der Waals surface area contributed by atoms with Gasteiger partial charge in [0.1, 0.15) is 18.2 Å². The van der Waals surface area contributed by atoms with Gasteiger partial charge in [0, 0.05) is 51.5 Å². The molecule has 1 unspecified atom stereocenters. The molecule has 3 heterocycles. The fraction of sp³-hybridized carbons (Fsp3) is 0.429. The lowest BCUT2D eigenvalue weighted by Crippen LogP contribution is -2.47. The zero-order chi connectivity index (χ0) is 32.6. The van der Waals surface area contributed by atoms with Gasteiger partial charge in [0.25, 0.3) is 0 Å². The van der Waals surface area contributed by atoms with Gasteiger partial charge in [0.15, 0.2) is 0 Å². The minimum absolute atomic E-state index is 0.0343. The molecular weight excluding hydrogens is 584 g/mol. The van der Waals surface area contributed by atoms with E-state index in [0.29, 0.717) is 24.4 Å². The number of amides is 1. The van der Waals surface area contributed by atoms with Crippen LogP contribution in [0, 0.1) is 5.92 Å². The number of carbonyl (C=O) groups excluding carboxylic acids is 1. The number of hydrogen-bond acceptors (Lipinski definition) is 9. The number of aromatic hydroxyl groups is 1. The van der Waals surface area contributed by atoms with Gasteiger partial charge in [-0.05, 0) is 61.6 Å². The van der Waals surface area contributed by atoms with Crippen molar-refractivity contribution < 1.29 is 24.5 Å². The zero-order valence-electron chi connectivity index (χ0n) is 26.6. The van der Waals surface area contributed by atoms with Gasteiger partial charge in [0.2, 0.25) is 5.95 Å². The normalized spacial score (nSPS) is 18.0. The van der Waals surface area contributed by atoms with E-state index in [9.17, 15) is 9.59 Å². The SMILES string of the molecule is C=CCN1CCN(C(CC2CC2)c2ccc([C@H](C)Nc3ncc4c(n3)N(CC)C(=O)OC4)cc2)CC1.O=C(O)c1ccc(O)cc1. The summed E-state index contributed by atoms with van der Waals surface area (Å²) in [7, 11) is 0. The Hall–Kier alpha value is -4.48. The summed E-state index contributed by atoms with van der Waals surface area (Å²) < 4.78 is 5.19. The Morgan fingerprint density at radius 3 is 2.37 bits per heavy atom. The van der Waals surface area contributed by atoms with Crippen LogP contribution in [0.1, 0.15) is 72.2 Å². The summed E-state index contributed by atoms with van der Waals surface area (Å²) in [5.41, 5.74) is 3.61. The molecule has 0 bridgehead atoms. The first-order valence-corrected chi connectivity index (χ1v) is 16.0. The number of phenols is 1. The first-order valence-electron chi connectivity index (χ1n) is 16.0. The van der Waals surface area contributed by atoms with Gasteiger partial charge >= 0.3 is 12.1 Å². The summed E-state index contributed by atoms with van der Waals surface area (Å²) in [6.07, 6.45) is 7.40. The van der Waals surface area contributed by atoms with Crippen molar-refractivity contribution in [3.05, 3.63) is 89.6 Å². The van der Waals surface area contributed by atoms with E-state index in [-0.39, 0.29) is 30.1 Å². The Balaban J connectivity index is 0.000000356. The van der Waals surface area contributed by atoms with Gasteiger partial charge in [-0.1, -0.05) is 43.2 Å². The summed E-state index contributed by atoms with van der Waals surface area (Å²) in [6.45, 7) is 14.1. The number of hydrogen-bond donors (Lipinski definition) is 3. The number of piperazine rings is 1. The molecule has 2 atom stereocenters. The highest BCUT2D eigenvalue weighted by Gasteiger charge is 2.31. The number of rotatable bonds is 11. The maximum Gasteiger partial charge on any atom is 0.415 e. The largest absolute Gasteiger partial charge is 0.508 e. The molecule has 3 aliphatic rings. The minimum Gasteiger partial charge on any atom is -0.508 e. The molecule has 244 valence electrons. The van der Waals surface area contributed by atoms with E-state index in [1.54, 1.807) is 11.1 Å². The van der Waals surface area contributed by atoms with E-state index in [1.807, 2.05) is 13.0 Å². The minimum atomic E-state index is -0.986. The number of ether oxygens (including phenoxy) is 1. The molecule has 1 aliphatic carbocycles. The van der Waals surface area contributed by atoms with Gasteiger partial charge < -0.3 is 20.3 Å². The highest BCUT2D eigenvalue weighted by molar-refractivity contribution is 5.89. The number of carbonyl (C=O) groups is 2. The van der Waals surface area contributed by atoms with Crippen LogP contribution >= 0.6 is 0 Å². The van der Waals surface area contributed by atoms with Gasteiger partial charge in [-0.3, -0.25) is 14.7 Å².